The number of hydrogen-bond acceptors (Lipinski definition) is 7. The summed E-state index contributed by atoms with van der Waals surface area (Å²) in [5.41, 5.74) is 2.15. The number of hydrogen-bond donors (Lipinski definition) is 1. The number of anilines is 1. The van der Waals surface area contributed by atoms with E-state index in [1.165, 1.54) is 17.2 Å². The number of rotatable bonds is 6. The molecule has 3 heterocycles. The Morgan fingerprint density at radius 2 is 2.06 bits per heavy atom. The van der Waals surface area contributed by atoms with E-state index >= 15 is 0 Å². The zero-order chi connectivity index (χ0) is 24.5. The summed E-state index contributed by atoms with van der Waals surface area (Å²) in [5.74, 6) is 0.611. The first-order valence-corrected chi connectivity index (χ1v) is 11.6. The first-order valence-electron chi connectivity index (χ1n) is 11.6. The van der Waals surface area contributed by atoms with Crippen molar-refractivity contribution in [3.63, 3.8) is 0 Å². The average molecular weight is 474 g/mol. The summed E-state index contributed by atoms with van der Waals surface area (Å²) in [5, 5.41) is 6.82. The molecular formula is C26H27N5O4. The number of amides is 1. The summed E-state index contributed by atoms with van der Waals surface area (Å²) >= 11 is 0. The Morgan fingerprint density at radius 1 is 1.20 bits per heavy atom. The second-order valence-electron chi connectivity index (χ2n) is 9.06. The Bertz CT molecular complexity index is 1430. The molecule has 1 unspecified atom stereocenters. The van der Waals surface area contributed by atoms with Crippen LogP contribution in [0.4, 0.5) is 5.82 Å². The minimum absolute atomic E-state index is 0.0934. The summed E-state index contributed by atoms with van der Waals surface area (Å²) in [6.07, 6.45) is 3.91. The molecule has 0 aliphatic carbocycles. The SMILES string of the molecule is Cc1ccc(C(=O)Nc2ccon2)cc1-n1cnc2ccc(OC3CCN(C(C)C)C3)cc2c1=O. The topological polar surface area (TPSA) is 102 Å². The van der Waals surface area contributed by atoms with Gasteiger partial charge in [-0.1, -0.05) is 11.2 Å². The molecule has 1 amide bonds. The monoisotopic (exact) mass is 473 g/mol. The number of ether oxygens (including phenoxy) is 1. The number of nitrogens with zero attached hydrogens (tertiary/aromatic N) is 4. The molecule has 1 atom stereocenters. The quantitative estimate of drug-likeness (QED) is 0.454. The lowest BCUT2D eigenvalue weighted by Gasteiger charge is -2.20. The molecule has 4 aromatic rings. The summed E-state index contributed by atoms with van der Waals surface area (Å²) < 4.78 is 12.4. The smallest absolute Gasteiger partial charge is 0.265 e. The fraction of sp³-hybridized carbons (Fsp3) is 0.308. The molecule has 180 valence electrons. The van der Waals surface area contributed by atoms with Gasteiger partial charge in [-0.05, 0) is 63.1 Å². The standard InChI is InChI=1S/C26H27N5O4/c1-16(2)30-10-8-20(14-30)35-19-6-7-22-21(13-19)26(33)31(15-27-22)23-12-18(5-4-17(23)3)25(32)28-24-9-11-34-29-24/h4-7,9,11-13,15-16,20H,8,10,14H2,1-3H3,(H,28,29,32). The van der Waals surface area contributed by atoms with Gasteiger partial charge in [0.1, 0.15) is 24.4 Å². The van der Waals surface area contributed by atoms with Gasteiger partial charge in [-0.25, -0.2) is 4.98 Å². The molecule has 0 spiro atoms. The van der Waals surface area contributed by atoms with Crippen LogP contribution in [0.3, 0.4) is 0 Å². The van der Waals surface area contributed by atoms with Crippen LogP contribution in [-0.4, -0.2) is 50.8 Å². The average Bonchev–Trinajstić information content (AvgIpc) is 3.53. The van der Waals surface area contributed by atoms with Crippen LogP contribution < -0.4 is 15.6 Å². The van der Waals surface area contributed by atoms with Crippen LogP contribution >= 0.6 is 0 Å². The zero-order valence-electron chi connectivity index (χ0n) is 19.9. The van der Waals surface area contributed by atoms with Gasteiger partial charge in [0.25, 0.3) is 11.5 Å². The van der Waals surface area contributed by atoms with Crippen molar-refractivity contribution in [2.45, 2.75) is 39.3 Å². The molecule has 1 aliphatic rings. The first-order chi connectivity index (χ1) is 16.9. The van der Waals surface area contributed by atoms with Crippen LogP contribution in [0.2, 0.25) is 0 Å². The predicted molar refractivity (Wildman–Crippen MR) is 132 cm³/mol. The Labute approximate surface area is 202 Å². The maximum absolute atomic E-state index is 13.5. The van der Waals surface area contributed by atoms with Crippen molar-refractivity contribution in [3.8, 4) is 11.4 Å². The molecule has 0 saturated carbocycles. The number of carbonyl (C=O) groups excluding carboxylic acids is 1. The van der Waals surface area contributed by atoms with Gasteiger partial charge in [-0.15, -0.1) is 0 Å². The number of benzene rings is 2. The fourth-order valence-electron chi connectivity index (χ4n) is 4.33. The van der Waals surface area contributed by atoms with Crippen LogP contribution in [0.1, 0.15) is 36.2 Å². The van der Waals surface area contributed by atoms with Crippen molar-refractivity contribution in [2.75, 3.05) is 18.4 Å². The van der Waals surface area contributed by atoms with E-state index in [0.29, 0.717) is 39.8 Å². The van der Waals surface area contributed by atoms with E-state index in [0.717, 1.165) is 25.1 Å². The van der Waals surface area contributed by atoms with Crippen molar-refractivity contribution < 1.29 is 14.1 Å². The minimum atomic E-state index is -0.357. The van der Waals surface area contributed by atoms with Gasteiger partial charge in [0.2, 0.25) is 0 Å². The molecule has 2 aromatic carbocycles. The molecule has 9 heteroatoms. The van der Waals surface area contributed by atoms with E-state index in [1.807, 2.05) is 13.0 Å². The molecule has 1 aliphatic heterocycles. The summed E-state index contributed by atoms with van der Waals surface area (Å²) in [4.78, 5) is 33.0. The lowest BCUT2D eigenvalue weighted by atomic mass is 10.1. The highest BCUT2D eigenvalue weighted by Crippen LogP contribution is 2.23. The highest BCUT2D eigenvalue weighted by Gasteiger charge is 2.25. The number of aryl methyl sites for hydroxylation is 1. The van der Waals surface area contributed by atoms with Crippen LogP contribution in [0.5, 0.6) is 5.75 Å². The van der Waals surface area contributed by atoms with Gasteiger partial charge in [-0.2, -0.15) is 0 Å². The molecule has 1 saturated heterocycles. The molecule has 0 bridgehead atoms. The molecule has 0 radical (unpaired) electrons. The molecular weight excluding hydrogens is 446 g/mol. The Hall–Kier alpha value is -3.98. The lowest BCUT2D eigenvalue weighted by Crippen LogP contribution is -2.30. The van der Waals surface area contributed by atoms with Crippen molar-refractivity contribution in [3.05, 3.63) is 76.5 Å². The fourth-order valence-corrected chi connectivity index (χ4v) is 4.33. The van der Waals surface area contributed by atoms with Crippen LogP contribution in [0, 0.1) is 6.92 Å². The third kappa shape index (κ3) is 4.67. The normalized spacial score (nSPS) is 16.2. The number of aromatic nitrogens is 3. The summed E-state index contributed by atoms with van der Waals surface area (Å²) in [6.45, 7) is 8.12. The molecule has 35 heavy (non-hydrogen) atoms. The van der Waals surface area contributed by atoms with Crippen LogP contribution in [0.15, 0.2) is 64.4 Å². The van der Waals surface area contributed by atoms with Gasteiger partial charge in [-0.3, -0.25) is 19.1 Å². The summed E-state index contributed by atoms with van der Waals surface area (Å²) in [7, 11) is 0. The zero-order valence-corrected chi connectivity index (χ0v) is 19.9. The molecule has 9 nitrogen and oxygen atoms in total. The lowest BCUT2D eigenvalue weighted by molar-refractivity contribution is 0.102. The van der Waals surface area contributed by atoms with Crippen molar-refractivity contribution in [2.24, 2.45) is 0 Å². The Balaban J connectivity index is 1.45. The van der Waals surface area contributed by atoms with Crippen LogP contribution in [0.25, 0.3) is 16.6 Å². The van der Waals surface area contributed by atoms with Crippen molar-refractivity contribution in [1.29, 1.82) is 0 Å². The maximum atomic E-state index is 13.5. The number of nitrogens with one attached hydrogen (secondary N) is 1. The van der Waals surface area contributed by atoms with E-state index < -0.39 is 0 Å². The minimum Gasteiger partial charge on any atom is -0.489 e. The number of fused-ring (bicyclic) bond motifs is 1. The van der Waals surface area contributed by atoms with E-state index in [4.69, 9.17) is 9.26 Å². The van der Waals surface area contributed by atoms with E-state index in [1.54, 1.807) is 36.4 Å². The Kier molecular flexibility index (Phi) is 6.08. The highest BCUT2D eigenvalue weighted by molar-refractivity contribution is 6.04. The van der Waals surface area contributed by atoms with Gasteiger partial charge in [0.15, 0.2) is 5.82 Å². The molecule has 5 rings (SSSR count). The third-order valence-electron chi connectivity index (χ3n) is 6.35. The predicted octanol–water partition coefficient (Wildman–Crippen LogP) is 3.80. The van der Waals surface area contributed by atoms with Crippen LogP contribution in [-0.2, 0) is 0 Å². The first kappa shape index (κ1) is 22.8. The number of likely N-dealkylation sites (tertiary alicyclic amines) is 1. The van der Waals surface area contributed by atoms with Gasteiger partial charge in [0, 0.05) is 30.8 Å². The molecule has 1 fully saturated rings. The third-order valence-corrected chi connectivity index (χ3v) is 6.35. The van der Waals surface area contributed by atoms with E-state index in [-0.39, 0.29) is 17.6 Å². The van der Waals surface area contributed by atoms with E-state index in [2.05, 4.69) is 34.2 Å². The highest BCUT2D eigenvalue weighted by atomic mass is 16.5. The van der Waals surface area contributed by atoms with Gasteiger partial charge >= 0.3 is 0 Å². The Morgan fingerprint density at radius 3 is 2.80 bits per heavy atom. The molecule has 2 aromatic heterocycles. The molecule has 1 N–H and O–H groups in total. The van der Waals surface area contributed by atoms with E-state index in [9.17, 15) is 9.59 Å². The summed E-state index contributed by atoms with van der Waals surface area (Å²) in [6, 6.07) is 12.6. The number of carbonyl (C=O) groups is 1. The van der Waals surface area contributed by atoms with Crippen molar-refractivity contribution >= 4 is 22.6 Å². The van der Waals surface area contributed by atoms with Gasteiger partial charge < -0.3 is 14.6 Å². The van der Waals surface area contributed by atoms with Crippen molar-refractivity contribution in [1.82, 2.24) is 19.6 Å². The van der Waals surface area contributed by atoms with Gasteiger partial charge in [0.05, 0.1) is 16.6 Å². The second-order valence-corrected chi connectivity index (χ2v) is 9.06. The second kappa shape index (κ2) is 9.34. The largest absolute Gasteiger partial charge is 0.489 e. The maximum Gasteiger partial charge on any atom is 0.265 e.